The average Bonchev–Trinajstić information content (AvgIpc) is 2.30. The van der Waals surface area contributed by atoms with Gasteiger partial charge in [0, 0.05) is 33.8 Å². The van der Waals surface area contributed by atoms with Gasteiger partial charge in [-0.1, -0.05) is 0 Å². The number of aromatic nitrogens is 2. The van der Waals surface area contributed by atoms with Crippen molar-refractivity contribution in [3.8, 4) is 17.0 Å². The van der Waals surface area contributed by atoms with Crippen molar-refractivity contribution in [2.45, 2.75) is 13.8 Å². The number of rotatable bonds is 3. The van der Waals surface area contributed by atoms with E-state index in [0.717, 1.165) is 5.69 Å². The lowest BCUT2D eigenvalue weighted by Gasteiger charge is -2.08. The second kappa shape index (κ2) is 5.60. The first kappa shape index (κ1) is 13.2. The van der Waals surface area contributed by atoms with Crippen LogP contribution in [0.25, 0.3) is 11.3 Å². The summed E-state index contributed by atoms with van der Waals surface area (Å²) in [6.45, 7) is 4.30. The Morgan fingerprint density at radius 3 is 2.72 bits per heavy atom. The van der Waals surface area contributed by atoms with Gasteiger partial charge in [0.25, 0.3) is 0 Å². The molecule has 0 aliphatic heterocycles. The Hall–Kier alpha value is -1.24. The first-order chi connectivity index (χ1) is 8.60. The minimum atomic E-state index is -0.313. The van der Waals surface area contributed by atoms with Crippen LogP contribution in [0, 0.1) is 16.6 Å². The summed E-state index contributed by atoms with van der Waals surface area (Å²) in [5.41, 5.74) is 1.82. The van der Waals surface area contributed by atoms with Crippen LogP contribution in [-0.4, -0.2) is 16.6 Å². The summed E-state index contributed by atoms with van der Waals surface area (Å²) in [4.78, 5) is 8.42. The number of ether oxygens (including phenoxy) is 1. The molecule has 0 fully saturated rings. The Bertz CT molecular complexity index is 555. The summed E-state index contributed by atoms with van der Waals surface area (Å²) < 4.78 is 19.8. The first-order valence-electron chi connectivity index (χ1n) is 5.54. The van der Waals surface area contributed by atoms with E-state index in [-0.39, 0.29) is 5.82 Å². The van der Waals surface area contributed by atoms with Crippen molar-refractivity contribution < 1.29 is 9.13 Å². The van der Waals surface area contributed by atoms with E-state index >= 15 is 0 Å². The highest BCUT2D eigenvalue weighted by molar-refractivity contribution is 14.1. The zero-order valence-electron chi connectivity index (χ0n) is 10.1. The lowest BCUT2D eigenvalue weighted by Crippen LogP contribution is -1.97. The third-order valence-corrected chi connectivity index (χ3v) is 2.83. The van der Waals surface area contributed by atoms with E-state index < -0.39 is 0 Å². The zero-order chi connectivity index (χ0) is 13.1. The predicted molar refractivity (Wildman–Crippen MR) is 76.0 cm³/mol. The monoisotopic (exact) mass is 358 g/mol. The highest BCUT2D eigenvalue weighted by Crippen LogP contribution is 2.26. The summed E-state index contributed by atoms with van der Waals surface area (Å²) in [6, 6.07) is 6.43. The SMILES string of the molecule is CCOc1ccc(F)c(-c2cc(C)nc(I)n2)c1. The highest BCUT2D eigenvalue weighted by Gasteiger charge is 2.10. The molecule has 3 nitrogen and oxygen atoms in total. The van der Waals surface area contributed by atoms with Crippen molar-refractivity contribution in [1.82, 2.24) is 9.97 Å². The Balaban J connectivity index is 2.51. The van der Waals surface area contributed by atoms with Crippen LogP contribution >= 0.6 is 22.6 Å². The fraction of sp³-hybridized carbons (Fsp3) is 0.231. The molecule has 0 spiro atoms. The Kier molecular flexibility index (Phi) is 4.11. The predicted octanol–water partition coefficient (Wildman–Crippen LogP) is 3.59. The molecule has 5 heteroatoms. The summed E-state index contributed by atoms with van der Waals surface area (Å²) in [5.74, 6) is 0.326. The van der Waals surface area contributed by atoms with Gasteiger partial charge >= 0.3 is 0 Å². The Morgan fingerprint density at radius 1 is 1.28 bits per heavy atom. The standard InChI is InChI=1S/C13H12FIN2O/c1-3-18-9-4-5-11(14)10(7-9)12-6-8(2)16-13(15)17-12/h4-7H,3H2,1-2H3. The molecule has 0 unspecified atom stereocenters. The number of hydrogen-bond donors (Lipinski definition) is 0. The molecule has 0 aliphatic rings. The van der Waals surface area contributed by atoms with Crippen LogP contribution < -0.4 is 4.74 Å². The van der Waals surface area contributed by atoms with Gasteiger partial charge in [0.05, 0.1) is 12.3 Å². The first-order valence-corrected chi connectivity index (χ1v) is 6.62. The van der Waals surface area contributed by atoms with Gasteiger partial charge < -0.3 is 4.74 Å². The van der Waals surface area contributed by atoms with Crippen LogP contribution in [-0.2, 0) is 0 Å². The molecule has 0 saturated heterocycles. The van der Waals surface area contributed by atoms with Crippen LogP contribution in [0.4, 0.5) is 4.39 Å². The van der Waals surface area contributed by atoms with Crippen molar-refractivity contribution in [2.24, 2.45) is 0 Å². The van der Waals surface area contributed by atoms with Gasteiger partial charge in [-0.25, -0.2) is 14.4 Å². The van der Waals surface area contributed by atoms with Crippen LogP contribution in [0.5, 0.6) is 5.75 Å². The lowest BCUT2D eigenvalue weighted by molar-refractivity contribution is 0.340. The van der Waals surface area contributed by atoms with E-state index in [1.54, 1.807) is 18.2 Å². The number of hydrogen-bond acceptors (Lipinski definition) is 3. The van der Waals surface area contributed by atoms with Gasteiger partial charge in [0.2, 0.25) is 0 Å². The third kappa shape index (κ3) is 2.95. The second-order valence-corrected chi connectivity index (χ2v) is 4.70. The number of halogens is 2. The zero-order valence-corrected chi connectivity index (χ0v) is 12.2. The maximum atomic E-state index is 13.8. The van der Waals surface area contributed by atoms with Crippen LogP contribution in [0.15, 0.2) is 24.3 Å². The summed E-state index contributed by atoms with van der Waals surface area (Å²) >= 11 is 2.02. The van der Waals surface area contributed by atoms with E-state index in [1.807, 2.05) is 36.4 Å². The molecule has 0 bridgehead atoms. The highest BCUT2D eigenvalue weighted by atomic mass is 127. The van der Waals surface area contributed by atoms with E-state index in [2.05, 4.69) is 9.97 Å². The van der Waals surface area contributed by atoms with E-state index in [0.29, 0.717) is 27.4 Å². The maximum absolute atomic E-state index is 13.8. The number of aryl methyl sites for hydroxylation is 1. The third-order valence-electron chi connectivity index (χ3n) is 2.35. The van der Waals surface area contributed by atoms with Gasteiger partial charge in [0.1, 0.15) is 11.6 Å². The van der Waals surface area contributed by atoms with Crippen molar-refractivity contribution >= 4 is 22.6 Å². The van der Waals surface area contributed by atoms with Crippen molar-refractivity contribution in [1.29, 1.82) is 0 Å². The topological polar surface area (TPSA) is 35.0 Å². The molecule has 2 rings (SSSR count). The molecule has 0 N–H and O–H groups in total. The minimum Gasteiger partial charge on any atom is -0.494 e. The molecule has 1 aromatic heterocycles. The Labute approximate surface area is 119 Å². The summed E-state index contributed by atoms with van der Waals surface area (Å²) in [7, 11) is 0. The Morgan fingerprint density at radius 2 is 2.06 bits per heavy atom. The van der Waals surface area contributed by atoms with Crippen molar-refractivity contribution in [2.75, 3.05) is 6.61 Å². The van der Waals surface area contributed by atoms with Crippen molar-refractivity contribution in [3.05, 3.63) is 39.6 Å². The normalized spacial score (nSPS) is 10.4. The van der Waals surface area contributed by atoms with E-state index in [4.69, 9.17) is 4.74 Å². The smallest absolute Gasteiger partial charge is 0.191 e. The van der Waals surface area contributed by atoms with Gasteiger partial charge in [-0.2, -0.15) is 0 Å². The molecule has 94 valence electrons. The number of benzene rings is 1. The summed E-state index contributed by atoms with van der Waals surface area (Å²) in [5, 5.41) is 0. The quantitative estimate of drug-likeness (QED) is 0.621. The minimum absolute atomic E-state index is 0.313. The fourth-order valence-electron chi connectivity index (χ4n) is 1.63. The molecule has 0 atom stereocenters. The molecule has 0 radical (unpaired) electrons. The molecule has 2 aromatic rings. The molecule has 0 aliphatic carbocycles. The van der Waals surface area contributed by atoms with Crippen LogP contribution in [0.2, 0.25) is 0 Å². The average molecular weight is 358 g/mol. The molecule has 18 heavy (non-hydrogen) atoms. The lowest BCUT2D eigenvalue weighted by atomic mass is 10.1. The van der Waals surface area contributed by atoms with E-state index in [9.17, 15) is 4.39 Å². The number of nitrogens with zero attached hydrogens (tertiary/aromatic N) is 2. The van der Waals surface area contributed by atoms with Crippen LogP contribution in [0.1, 0.15) is 12.6 Å². The second-order valence-electron chi connectivity index (χ2n) is 3.74. The van der Waals surface area contributed by atoms with Gasteiger partial charge in [-0.15, -0.1) is 0 Å². The molecular weight excluding hydrogens is 346 g/mol. The van der Waals surface area contributed by atoms with E-state index in [1.165, 1.54) is 6.07 Å². The molecule has 1 aromatic carbocycles. The van der Waals surface area contributed by atoms with Gasteiger partial charge in [0.15, 0.2) is 3.83 Å². The van der Waals surface area contributed by atoms with Gasteiger partial charge in [-0.3, -0.25) is 0 Å². The summed E-state index contributed by atoms with van der Waals surface area (Å²) in [6.07, 6.45) is 0. The molecular formula is C13H12FIN2O. The van der Waals surface area contributed by atoms with Crippen molar-refractivity contribution in [3.63, 3.8) is 0 Å². The molecule has 1 heterocycles. The molecule has 0 saturated carbocycles. The van der Waals surface area contributed by atoms with Gasteiger partial charge in [-0.05, 0) is 38.1 Å². The van der Waals surface area contributed by atoms with Crippen LogP contribution in [0.3, 0.4) is 0 Å². The largest absolute Gasteiger partial charge is 0.494 e. The molecule has 0 amide bonds. The fourth-order valence-corrected chi connectivity index (χ4v) is 2.27. The maximum Gasteiger partial charge on any atom is 0.191 e.